The normalized spacial score (nSPS) is 10.6. The van der Waals surface area contributed by atoms with Gasteiger partial charge < -0.3 is 14.7 Å². The number of fused-ring (bicyclic) bond motifs is 1. The molecule has 2 aromatic rings. The molecule has 0 saturated heterocycles. The molecule has 1 heterocycles. The van der Waals surface area contributed by atoms with Crippen molar-refractivity contribution in [3.8, 4) is 5.75 Å². The summed E-state index contributed by atoms with van der Waals surface area (Å²) in [5, 5.41) is 9.80. The van der Waals surface area contributed by atoms with Crippen molar-refractivity contribution in [2.75, 3.05) is 20.7 Å². The molecule has 5 nitrogen and oxygen atoms in total. The molecule has 1 aromatic carbocycles. The SMILES string of the molecule is COc1ccc2sc(C(=O)N(C)CCC(=O)O)c(Cl)c2c1. The van der Waals surface area contributed by atoms with Crippen LogP contribution in [0.1, 0.15) is 16.1 Å². The smallest absolute Gasteiger partial charge is 0.305 e. The van der Waals surface area contributed by atoms with Crippen molar-refractivity contribution >= 4 is 44.9 Å². The minimum Gasteiger partial charge on any atom is -0.497 e. The van der Waals surface area contributed by atoms with E-state index in [1.807, 2.05) is 6.07 Å². The van der Waals surface area contributed by atoms with E-state index in [1.54, 1.807) is 26.3 Å². The Balaban J connectivity index is 2.31. The van der Waals surface area contributed by atoms with Gasteiger partial charge in [-0.15, -0.1) is 11.3 Å². The highest BCUT2D eigenvalue weighted by Gasteiger charge is 2.21. The molecule has 0 aliphatic heterocycles. The Labute approximate surface area is 130 Å². The van der Waals surface area contributed by atoms with E-state index in [1.165, 1.54) is 16.2 Å². The first-order chi connectivity index (χ1) is 9.93. The zero-order valence-electron chi connectivity index (χ0n) is 11.6. The van der Waals surface area contributed by atoms with Gasteiger partial charge in [0.1, 0.15) is 10.6 Å². The standard InChI is InChI=1S/C14H14ClNO4S/c1-16(6-5-11(17)18)14(19)13-12(15)9-7-8(20-2)3-4-10(9)21-13/h3-4,7H,5-6H2,1-2H3,(H,17,18). The summed E-state index contributed by atoms with van der Waals surface area (Å²) in [5.41, 5.74) is 0. The van der Waals surface area contributed by atoms with Crippen LogP contribution in [0.3, 0.4) is 0 Å². The van der Waals surface area contributed by atoms with Gasteiger partial charge in [-0.1, -0.05) is 11.6 Å². The molecule has 0 aliphatic carbocycles. The van der Waals surface area contributed by atoms with Crippen LogP contribution in [0.25, 0.3) is 10.1 Å². The van der Waals surface area contributed by atoms with Gasteiger partial charge in [0.15, 0.2) is 0 Å². The Morgan fingerprint density at radius 1 is 1.43 bits per heavy atom. The van der Waals surface area contributed by atoms with Gasteiger partial charge in [-0.25, -0.2) is 0 Å². The van der Waals surface area contributed by atoms with E-state index < -0.39 is 5.97 Å². The number of carboxylic acid groups (broad SMARTS) is 1. The Morgan fingerprint density at radius 3 is 2.76 bits per heavy atom. The lowest BCUT2D eigenvalue weighted by Crippen LogP contribution is -2.28. The molecule has 1 amide bonds. The summed E-state index contributed by atoms with van der Waals surface area (Å²) in [6.45, 7) is 0.141. The van der Waals surface area contributed by atoms with E-state index in [0.29, 0.717) is 15.6 Å². The highest BCUT2D eigenvalue weighted by Crippen LogP contribution is 2.37. The number of carbonyl (C=O) groups is 2. The molecule has 0 unspecified atom stereocenters. The second-order valence-corrected chi connectivity index (χ2v) is 5.91. The maximum absolute atomic E-state index is 12.3. The first-order valence-electron chi connectivity index (χ1n) is 6.17. The largest absolute Gasteiger partial charge is 0.497 e. The number of carbonyl (C=O) groups excluding carboxylic acids is 1. The van der Waals surface area contributed by atoms with E-state index >= 15 is 0 Å². The summed E-state index contributed by atoms with van der Waals surface area (Å²) in [6, 6.07) is 5.43. The summed E-state index contributed by atoms with van der Waals surface area (Å²) in [5.74, 6) is -0.552. The van der Waals surface area contributed by atoms with Crippen LogP contribution in [0.15, 0.2) is 18.2 Å². The summed E-state index contributed by atoms with van der Waals surface area (Å²) in [6.07, 6.45) is -0.0986. The summed E-state index contributed by atoms with van der Waals surface area (Å²) in [7, 11) is 3.12. The van der Waals surface area contributed by atoms with E-state index in [-0.39, 0.29) is 18.9 Å². The van der Waals surface area contributed by atoms with Crippen molar-refractivity contribution in [1.29, 1.82) is 0 Å². The average Bonchev–Trinajstić information content (AvgIpc) is 2.80. The molecule has 0 aliphatic rings. The van der Waals surface area contributed by atoms with Gasteiger partial charge in [-0.2, -0.15) is 0 Å². The zero-order chi connectivity index (χ0) is 15.6. The molecule has 0 saturated carbocycles. The fourth-order valence-electron chi connectivity index (χ4n) is 1.85. The minimum absolute atomic E-state index is 0.0986. The molecule has 21 heavy (non-hydrogen) atoms. The summed E-state index contributed by atoms with van der Waals surface area (Å²) < 4.78 is 6.03. The third-order valence-corrected chi connectivity index (χ3v) is 4.70. The van der Waals surface area contributed by atoms with Crippen LogP contribution >= 0.6 is 22.9 Å². The van der Waals surface area contributed by atoms with E-state index in [0.717, 1.165) is 10.1 Å². The number of amides is 1. The molecule has 2 rings (SSSR count). The van der Waals surface area contributed by atoms with Gasteiger partial charge >= 0.3 is 5.97 Å². The van der Waals surface area contributed by atoms with Crippen LogP contribution in [0.4, 0.5) is 0 Å². The lowest BCUT2D eigenvalue weighted by atomic mass is 10.2. The van der Waals surface area contributed by atoms with Gasteiger partial charge in [0, 0.05) is 23.7 Å². The van der Waals surface area contributed by atoms with Gasteiger partial charge in [-0.3, -0.25) is 9.59 Å². The van der Waals surface area contributed by atoms with Crippen molar-refractivity contribution in [1.82, 2.24) is 4.90 Å². The molecule has 0 bridgehead atoms. The number of ether oxygens (including phenoxy) is 1. The van der Waals surface area contributed by atoms with E-state index in [2.05, 4.69) is 0 Å². The first-order valence-corrected chi connectivity index (χ1v) is 7.36. The van der Waals surface area contributed by atoms with Crippen LogP contribution in [-0.2, 0) is 4.79 Å². The van der Waals surface area contributed by atoms with Crippen LogP contribution in [0.5, 0.6) is 5.75 Å². The van der Waals surface area contributed by atoms with Gasteiger partial charge in [0.2, 0.25) is 0 Å². The molecule has 0 atom stereocenters. The maximum Gasteiger partial charge on any atom is 0.305 e. The fraction of sp³-hybridized carbons (Fsp3) is 0.286. The minimum atomic E-state index is -0.943. The number of aliphatic carboxylic acids is 1. The predicted octanol–water partition coefficient (Wildman–Crippen LogP) is 3.11. The highest BCUT2D eigenvalue weighted by atomic mass is 35.5. The second-order valence-electron chi connectivity index (χ2n) is 4.48. The molecule has 112 valence electrons. The summed E-state index contributed by atoms with van der Waals surface area (Å²) >= 11 is 7.57. The van der Waals surface area contributed by atoms with Gasteiger partial charge in [0.25, 0.3) is 5.91 Å². The van der Waals surface area contributed by atoms with Crippen molar-refractivity contribution in [3.63, 3.8) is 0 Å². The third-order valence-electron chi connectivity index (χ3n) is 3.04. The van der Waals surface area contributed by atoms with Crippen molar-refractivity contribution in [2.24, 2.45) is 0 Å². The number of thiophene rings is 1. The molecule has 1 N–H and O–H groups in total. The molecule has 0 spiro atoms. The Bertz CT molecular complexity index is 698. The molecular weight excluding hydrogens is 314 g/mol. The number of hydrogen-bond acceptors (Lipinski definition) is 4. The Hall–Kier alpha value is -1.79. The van der Waals surface area contributed by atoms with Crippen LogP contribution < -0.4 is 4.74 Å². The fourth-order valence-corrected chi connectivity index (χ4v) is 3.33. The topological polar surface area (TPSA) is 66.8 Å². The number of halogens is 1. The van der Waals surface area contributed by atoms with Crippen molar-refractivity contribution in [2.45, 2.75) is 6.42 Å². The van der Waals surface area contributed by atoms with Crippen LogP contribution in [0.2, 0.25) is 5.02 Å². The average molecular weight is 328 g/mol. The van der Waals surface area contributed by atoms with Crippen LogP contribution in [-0.4, -0.2) is 42.6 Å². The first kappa shape index (κ1) is 15.6. The maximum atomic E-state index is 12.3. The number of hydrogen-bond donors (Lipinski definition) is 1. The zero-order valence-corrected chi connectivity index (χ0v) is 13.1. The molecule has 7 heteroatoms. The van der Waals surface area contributed by atoms with Crippen LogP contribution in [0, 0.1) is 0 Å². The number of methoxy groups -OCH3 is 1. The number of nitrogens with zero attached hydrogens (tertiary/aromatic N) is 1. The lowest BCUT2D eigenvalue weighted by molar-refractivity contribution is -0.137. The Morgan fingerprint density at radius 2 is 2.14 bits per heavy atom. The lowest BCUT2D eigenvalue weighted by Gasteiger charge is -2.14. The van der Waals surface area contributed by atoms with Crippen molar-refractivity contribution < 1.29 is 19.4 Å². The molecular formula is C14H14ClNO4S. The van der Waals surface area contributed by atoms with Gasteiger partial charge in [-0.05, 0) is 18.2 Å². The number of benzene rings is 1. The molecule has 0 radical (unpaired) electrons. The van der Waals surface area contributed by atoms with Crippen molar-refractivity contribution in [3.05, 3.63) is 28.1 Å². The molecule has 0 fully saturated rings. The summed E-state index contributed by atoms with van der Waals surface area (Å²) in [4.78, 5) is 24.7. The number of rotatable bonds is 5. The second kappa shape index (κ2) is 6.32. The third kappa shape index (κ3) is 3.28. The predicted molar refractivity (Wildman–Crippen MR) is 82.6 cm³/mol. The Kier molecular flexibility index (Phi) is 4.69. The monoisotopic (exact) mass is 327 g/mol. The van der Waals surface area contributed by atoms with Gasteiger partial charge in [0.05, 0.1) is 18.6 Å². The number of carboxylic acids is 1. The highest BCUT2D eigenvalue weighted by molar-refractivity contribution is 7.21. The quantitative estimate of drug-likeness (QED) is 0.916. The molecule has 1 aromatic heterocycles. The van der Waals surface area contributed by atoms with E-state index in [9.17, 15) is 9.59 Å². The van der Waals surface area contributed by atoms with E-state index in [4.69, 9.17) is 21.4 Å².